The molecule has 1 aliphatic rings. The minimum Gasteiger partial charge on any atom is -0.380 e. The van der Waals surface area contributed by atoms with Crippen LogP contribution in [0.4, 0.5) is 0 Å². The predicted molar refractivity (Wildman–Crippen MR) is 76.1 cm³/mol. The Labute approximate surface area is 119 Å². The average molecular weight is 273 g/mol. The van der Waals surface area contributed by atoms with E-state index in [2.05, 4.69) is 16.8 Å². The number of aromatic nitrogens is 1. The minimum absolute atomic E-state index is 0.0892. The van der Waals surface area contributed by atoms with Gasteiger partial charge in [0.15, 0.2) is 0 Å². The molecule has 0 radical (unpaired) electrons. The molecule has 1 unspecified atom stereocenters. The van der Waals surface area contributed by atoms with Crippen molar-refractivity contribution in [2.75, 3.05) is 26.7 Å². The summed E-state index contributed by atoms with van der Waals surface area (Å²) >= 11 is 0. The summed E-state index contributed by atoms with van der Waals surface area (Å²) in [6.07, 6.45) is 3.65. The van der Waals surface area contributed by atoms with E-state index in [1.54, 1.807) is 30.3 Å². The maximum Gasteiger partial charge on any atom is 0.273 e. The molecule has 0 spiro atoms. The maximum absolute atomic E-state index is 12.6. The van der Waals surface area contributed by atoms with Crippen molar-refractivity contribution in [3.8, 4) is 11.8 Å². The van der Waals surface area contributed by atoms with Gasteiger partial charge < -0.3 is 15.4 Å². The highest BCUT2D eigenvalue weighted by Crippen LogP contribution is 2.16. The second-order valence-electron chi connectivity index (χ2n) is 4.66. The molecule has 5 heteroatoms. The Balaban J connectivity index is 2.20. The van der Waals surface area contributed by atoms with Crippen LogP contribution in [0.5, 0.6) is 0 Å². The quantitative estimate of drug-likeness (QED) is 0.803. The molecule has 2 rings (SSSR count). The molecule has 2 N–H and O–H groups in total. The number of pyridine rings is 1. The Morgan fingerprint density at radius 1 is 1.65 bits per heavy atom. The van der Waals surface area contributed by atoms with Gasteiger partial charge in [0.05, 0.1) is 18.2 Å². The third-order valence-corrected chi connectivity index (χ3v) is 3.33. The molecular formula is C15H19N3O2. The molecule has 1 fully saturated rings. The van der Waals surface area contributed by atoms with Crippen molar-refractivity contribution in [1.29, 1.82) is 0 Å². The number of hydrogen-bond acceptors (Lipinski definition) is 4. The van der Waals surface area contributed by atoms with Crippen molar-refractivity contribution in [2.24, 2.45) is 5.73 Å². The smallest absolute Gasteiger partial charge is 0.273 e. The molecule has 2 heterocycles. The lowest BCUT2D eigenvalue weighted by Crippen LogP contribution is -2.43. The molecule has 0 aliphatic carbocycles. The summed E-state index contributed by atoms with van der Waals surface area (Å²) in [6, 6.07) is 3.56. The van der Waals surface area contributed by atoms with E-state index >= 15 is 0 Å². The zero-order valence-electron chi connectivity index (χ0n) is 11.6. The van der Waals surface area contributed by atoms with Gasteiger partial charge in [0.2, 0.25) is 0 Å². The highest BCUT2D eigenvalue weighted by atomic mass is 16.5. The Kier molecular flexibility index (Phi) is 5.10. The van der Waals surface area contributed by atoms with Crippen molar-refractivity contribution in [2.45, 2.75) is 18.9 Å². The van der Waals surface area contributed by atoms with E-state index < -0.39 is 0 Å². The van der Waals surface area contributed by atoms with Gasteiger partial charge in [0.1, 0.15) is 5.69 Å². The number of hydrogen-bond donors (Lipinski definition) is 1. The minimum atomic E-state index is -0.0892. The molecule has 0 saturated carbocycles. The van der Waals surface area contributed by atoms with Crippen LogP contribution in [0.1, 0.15) is 28.9 Å². The molecule has 1 saturated heterocycles. The maximum atomic E-state index is 12.6. The van der Waals surface area contributed by atoms with Crippen LogP contribution in [0.15, 0.2) is 18.3 Å². The lowest BCUT2D eigenvalue weighted by molar-refractivity contribution is 0.0265. The molecule has 1 aliphatic heterocycles. The Morgan fingerprint density at radius 3 is 3.25 bits per heavy atom. The van der Waals surface area contributed by atoms with E-state index in [0.717, 1.165) is 19.4 Å². The van der Waals surface area contributed by atoms with E-state index in [4.69, 9.17) is 10.5 Å². The highest BCUT2D eigenvalue weighted by molar-refractivity contribution is 5.94. The summed E-state index contributed by atoms with van der Waals surface area (Å²) in [4.78, 5) is 18.5. The summed E-state index contributed by atoms with van der Waals surface area (Å²) in [6.45, 7) is 1.60. The van der Waals surface area contributed by atoms with Crippen LogP contribution in [-0.4, -0.2) is 48.6 Å². The number of piperidine rings is 1. The topological polar surface area (TPSA) is 68.5 Å². The summed E-state index contributed by atoms with van der Waals surface area (Å²) in [5.41, 5.74) is 6.40. The van der Waals surface area contributed by atoms with Crippen molar-refractivity contribution in [1.82, 2.24) is 9.88 Å². The number of nitrogens with zero attached hydrogens (tertiary/aromatic N) is 2. The lowest BCUT2D eigenvalue weighted by Gasteiger charge is -2.31. The predicted octanol–water partition coefficient (Wildman–Crippen LogP) is 0.643. The van der Waals surface area contributed by atoms with Crippen LogP contribution in [0.2, 0.25) is 0 Å². The molecule has 106 valence electrons. The Hall–Kier alpha value is -1.90. The van der Waals surface area contributed by atoms with E-state index in [1.165, 1.54) is 0 Å². The van der Waals surface area contributed by atoms with Gasteiger partial charge >= 0.3 is 0 Å². The van der Waals surface area contributed by atoms with Crippen molar-refractivity contribution in [3.05, 3.63) is 29.6 Å². The summed E-state index contributed by atoms with van der Waals surface area (Å²) in [7, 11) is 1.68. The average Bonchev–Trinajstić information content (AvgIpc) is 2.52. The van der Waals surface area contributed by atoms with Gasteiger partial charge in [-0.15, -0.1) is 0 Å². The molecule has 1 aromatic heterocycles. The number of ether oxygens (including phenoxy) is 1. The van der Waals surface area contributed by atoms with E-state index in [1.807, 2.05) is 0 Å². The molecule has 0 bridgehead atoms. The Morgan fingerprint density at radius 2 is 2.50 bits per heavy atom. The third kappa shape index (κ3) is 3.35. The second-order valence-corrected chi connectivity index (χ2v) is 4.66. The first-order valence-electron chi connectivity index (χ1n) is 6.72. The first kappa shape index (κ1) is 14.5. The fourth-order valence-corrected chi connectivity index (χ4v) is 2.29. The molecule has 1 aromatic rings. The van der Waals surface area contributed by atoms with Gasteiger partial charge in [-0.1, -0.05) is 11.8 Å². The van der Waals surface area contributed by atoms with Crippen LogP contribution in [-0.2, 0) is 4.74 Å². The van der Waals surface area contributed by atoms with Crippen LogP contribution in [0.25, 0.3) is 0 Å². The fraction of sp³-hybridized carbons (Fsp3) is 0.467. The molecule has 0 aromatic carbocycles. The number of carbonyl (C=O) groups is 1. The highest BCUT2D eigenvalue weighted by Gasteiger charge is 2.26. The number of rotatable bonds is 2. The van der Waals surface area contributed by atoms with Gasteiger partial charge in [0.25, 0.3) is 5.91 Å². The number of carbonyl (C=O) groups excluding carboxylic acids is 1. The van der Waals surface area contributed by atoms with E-state index in [0.29, 0.717) is 17.8 Å². The summed E-state index contributed by atoms with van der Waals surface area (Å²) in [5, 5.41) is 0. The normalized spacial score (nSPS) is 18.3. The van der Waals surface area contributed by atoms with Crippen LogP contribution in [0, 0.1) is 11.8 Å². The third-order valence-electron chi connectivity index (χ3n) is 3.33. The largest absolute Gasteiger partial charge is 0.380 e. The Bertz CT molecular complexity index is 533. The lowest BCUT2D eigenvalue weighted by atomic mass is 10.1. The standard InChI is InChI=1S/C15H19N3O2/c1-20-13-7-4-10-18(11-13)15(19)14-12(5-2-8-16)6-3-9-17-14/h3,6,9,13H,4,7-8,10-11,16H2,1H3. The van der Waals surface area contributed by atoms with Crippen molar-refractivity contribution in [3.63, 3.8) is 0 Å². The zero-order valence-corrected chi connectivity index (χ0v) is 11.6. The zero-order chi connectivity index (χ0) is 14.4. The van der Waals surface area contributed by atoms with E-state index in [9.17, 15) is 4.79 Å². The van der Waals surface area contributed by atoms with Gasteiger partial charge in [-0.25, -0.2) is 4.98 Å². The van der Waals surface area contributed by atoms with Crippen LogP contribution >= 0.6 is 0 Å². The fourth-order valence-electron chi connectivity index (χ4n) is 2.29. The first-order valence-corrected chi connectivity index (χ1v) is 6.72. The monoisotopic (exact) mass is 273 g/mol. The molecular weight excluding hydrogens is 254 g/mol. The number of likely N-dealkylation sites (tertiary alicyclic amines) is 1. The second kappa shape index (κ2) is 7.04. The van der Waals surface area contributed by atoms with Crippen LogP contribution in [0.3, 0.4) is 0 Å². The van der Waals surface area contributed by atoms with Crippen molar-refractivity contribution >= 4 is 5.91 Å². The molecule has 1 atom stereocenters. The number of methoxy groups -OCH3 is 1. The van der Waals surface area contributed by atoms with Gasteiger partial charge in [0, 0.05) is 26.4 Å². The molecule has 1 amide bonds. The van der Waals surface area contributed by atoms with Gasteiger partial charge in [-0.05, 0) is 25.0 Å². The summed E-state index contributed by atoms with van der Waals surface area (Å²) < 4.78 is 5.34. The first-order chi connectivity index (χ1) is 9.76. The number of amides is 1. The number of nitrogens with two attached hydrogens (primary N) is 1. The van der Waals surface area contributed by atoms with Gasteiger partial charge in [-0.2, -0.15) is 0 Å². The van der Waals surface area contributed by atoms with Crippen molar-refractivity contribution < 1.29 is 9.53 Å². The SMILES string of the molecule is COC1CCCN(C(=O)c2ncccc2C#CCN)C1. The van der Waals surface area contributed by atoms with E-state index in [-0.39, 0.29) is 18.6 Å². The molecule has 5 nitrogen and oxygen atoms in total. The summed E-state index contributed by atoms with van der Waals surface area (Å²) in [5.74, 6) is 5.58. The van der Waals surface area contributed by atoms with Crippen LogP contribution < -0.4 is 5.73 Å². The molecule has 20 heavy (non-hydrogen) atoms. The van der Waals surface area contributed by atoms with Gasteiger partial charge in [-0.3, -0.25) is 4.79 Å².